The predicted molar refractivity (Wildman–Crippen MR) is 125 cm³/mol. The largest absolute Gasteiger partial charge is 0.477 e. The minimum Gasteiger partial charge on any atom is -0.477 e. The van der Waals surface area contributed by atoms with E-state index in [0.717, 1.165) is 10.1 Å². The number of carbonyl (C=O) groups is 1. The Balaban J connectivity index is 1.91. The van der Waals surface area contributed by atoms with Crippen LogP contribution in [0.4, 0.5) is 5.69 Å². The molecule has 0 bridgehead atoms. The Kier molecular flexibility index (Phi) is 4.65. The van der Waals surface area contributed by atoms with Crippen LogP contribution in [0, 0.1) is 0 Å². The van der Waals surface area contributed by atoms with Crippen molar-refractivity contribution in [2.45, 2.75) is 6.54 Å². The molecule has 3 heterocycles. The summed E-state index contributed by atoms with van der Waals surface area (Å²) in [5, 5.41) is 14.4. The topological polar surface area (TPSA) is 123 Å². The zero-order chi connectivity index (χ0) is 22.6. The number of rotatable bonds is 4. The second kappa shape index (κ2) is 7.40. The first-order valence-corrected chi connectivity index (χ1v) is 10.8. The lowest BCUT2D eigenvalue weighted by Gasteiger charge is -2.10. The van der Waals surface area contributed by atoms with Gasteiger partial charge in [0.25, 0.3) is 5.56 Å². The Labute approximate surface area is 188 Å². The number of nitrogen functional groups attached to an aromatic ring is 1. The molecule has 3 aromatic heterocycles. The van der Waals surface area contributed by atoms with E-state index < -0.39 is 17.2 Å². The number of aromatic nitrogens is 3. The lowest BCUT2D eigenvalue weighted by Crippen LogP contribution is -2.34. The van der Waals surface area contributed by atoms with Gasteiger partial charge in [-0.2, -0.15) is 0 Å². The van der Waals surface area contributed by atoms with Crippen LogP contribution < -0.4 is 17.0 Å². The van der Waals surface area contributed by atoms with Gasteiger partial charge in [0.2, 0.25) is 0 Å². The average Bonchev–Trinajstić information content (AvgIpc) is 3.31. The van der Waals surface area contributed by atoms with Crippen molar-refractivity contribution in [3.8, 4) is 5.69 Å². The highest BCUT2D eigenvalue weighted by Gasteiger charge is 2.27. The van der Waals surface area contributed by atoms with Crippen LogP contribution in [0.3, 0.4) is 0 Å². The van der Waals surface area contributed by atoms with E-state index in [-0.39, 0.29) is 17.9 Å². The van der Waals surface area contributed by atoms with E-state index in [0.29, 0.717) is 32.5 Å². The van der Waals surface area contributed by atoms with Crippen LogP contribution >= 0.6 is 22.9 Å². The molecule has 32 heavy (non-hydrogen) atoms. The molecule has 0 radical (unpaired) electrons. The Morgan fingerprint density at radius 3 is 2.69 bits per heavy atom. The third kappa shape index (κ3) is 3.10. The van der Waals surface area contributed by atoms with Crippen LogP contribution in [-0.4, -0.2) is 25.2 Å². The van der Waals surface area contributed by atoms with Gasteiger partial charge in [-0.1, -0.05) is 23.7 Å². The zero-order valence-electron chi connectivity index (χ0n) is 16.3. The van der Waals surface area contributed by atoms with Crippen molar-refractivity contribution in [2.75, 3.05) is 5.73 Å². The molecule has 0 saturated heterocycles. The van der Waals surface area contributed by atoms with Crippen molar-refractivity contribution in [2.24, 2.45) is 0 Å². The zero-order valence-corrected chi connectivity index (χ0v) is 17.9. The summed E-state index contributed by atoms with van der Waals surface area (Å²) in [6.07, 6.45) is 0. The summed E-state index contributed by atoms with van der Waals surface area (Å²) < 4.78 is 2.41. The molecule has 160 valence electrons. The molecule has 0 saturated carbocycles. The fourth-order valence-electron chi connectivity index (χ4n) is 3.94. The molecule has 4 N–H and O–H groups in total. The molecule has 0 aliphatic heterocycles. The minimum absolute atomic E-state index is 0.0294. The first-order chi connectivity index (χ1) is 15.3. The summed E-state index contributed by atoms with van der Waals surface area (Å²) in [6.45, 7) is 0.165. The number of aromatic carboxylic acids is 1. The molecule has 5 rings (SSSR count). The maximum absolute atomic E-state index is 13.2. The summed E-state index contributed by atoms with van der Waals surface area (Å²) in [6, 6.07) is 11.9. The first kappa shape index (κ1) is 20.1. The highest BCUT2D eigenvalue weighted by molar-refractivity contribution is 7.09. The summed E-state index contributed by atoms with van der Waals surface area (Å²) in [5.74, 6) is -1.28. The maximum Gasteiger partial charge on any atom is 0.354 e. The van der Waals surface area contributed by atoms with Gasteiger partial charge >= 0.3 is 11.7 Å². The summed E-state index contributed by atoms with van der Waals surface area (Å²) >= 11 is 7.48. The van der Waals surface area contributed by atoms with Crippen molar-refractivity contribution in [1.29, 1.82) is 0 Å². The molecule has 8 nitrogen and oxygen atoms in total. The number of benzene rings is 2. The van der Waals surface area contributed by atoms with Crippen molar-refractivity contribution in [1.82, 2.24) is 14.1 Å². The molecule has 5 aromatic rings. The van der Waals surface area contributed by atoms with E-state index in [1.54, 1.807) is 51.7 Å². The van der Waals surface area contributed by atoms with Crippen LogP contribution in [0.1, 0.15) is 16.1 Å². The van der Waals surface area contributed by atoms with Gasteiger partial charge in [0.05, 0.1) is 22.1 Å². The highest BCUT2D eigenvalue weighted by Crippen LogP contribution is 2.32. The number of nitrogens with zero attached hydrogens (tertiary/aromatic N) is 2. The van der Waals surface area contributed by atoms with Crippen molar-refractivity contribution in [3.63, 3.8) is 0 Å². The number of hydrogen-bond donors (Lipinski definition) is 3. The van der Waals surface area contributed by atoms with Gasteiger partial charge in [0.1, 0.15) is 0 Å². The van der Waals surface area contributed by atoms with Crippen molar-refractivity contribution in [3.05, 3.63) is 90.3 Å². The number of H-pyrrole nitrogens is 1. The van der Waals surface area contributed by atoms with E-state index in [9.17, 15) is 19.5 Å². The molecule has 0 amide bonds. The molecule has 0 aliphatic rings. The molecule has 0 atom stereocenters. The van der Waals surface area contributed by atoms with Crippen LogP contribution in [0.2, 0.25) is 5.02 Å². The minimum atomic E-state index is -1.28. The molecule has 0 aliphatic carbocycles. The number of anilines is 1. The van der Waals surface area contributed by atoms with E-state index in [2.05, 4.69) is 4.98 Å². The molecule has 0 fully saturated rings. The van der Waals surface area contributed by atoms with E-state index >= 15 is 0 Å². The number of halogens is 1. The molecular weight excluding hydrogens is 452 g/mol. The predicted octanol–water partition coefficient (Wildman–Crippen LogP) is 3.68. The summed E-state index contributed by atoms with van der Waals surface area (Å²) in [7, 11) is 0. The van der Waals surface area contributed by atoms with Gasteiger partial charge in [-0.05, 0) is 35.9 Å². The summed E-state index contributed by atoms with van der Waals surface area (Å²) in [5.41, 5.74) is 6.54. The molecular formula is C22H15ClN4O4S. The van der Waals surface area contributed by atoms with Gasteiger partial charge in [0, 0.05) is 33.4 Å². The van der Waals surface area contributed by atoms with Crippen LogP contribution in [0.25, 0.3) is 27.5 Å². The van der Waals surface area contributed by atoms with E-state index in [4.69, 9.17) is 17.3 Å². The number of thiophene rings is 1. The van der Waals surface area contributed by atoms with Crippen LogP contribution in [0.5, 0.6) is 0 Å². The third-order valence-corrected chi connectivity index (χ3v) is 6.24. The summed E-state index contributed by atoms with van der Waals surface area (Å²) in [4.78, 5) is 41.3. The fourth-order valence-corrected chi connectivity index (χ4v) is 4.86. The van der Waals surface area contributed by atoms with Gasteiger partial charge < -0.3 is 20.4 Å². The Morgan fingerprint density at radius 2 is 1.94 bits per heavy atom. The number of carboxylic acids is 1. The molecule has 10 heteroatoms. The van der Waals surface area contributed by atoms with E-state index in [1.807, 2.05) is 6.07 Å². The molecule has 0 unspecified atom stereocenters. The van der Waals surface area contributed by atoms with Crippen LogP contribution in [0.15, 0.2) is 62.8 Å². The molecule has 2 aromatic carbocycles. The lowest BCUT2D eigenvalue weighted by atomic mass is 10.2. The highest BCUT2D eigenvalue weighted by atomic mass is 35.5. The quantitative estimate of drug-likeness (QED) is 0.349. The maximum atomic E-state index is 13.2. The van der Waals surface area contributed by atoms with Crippen molar-refractivity contribution < 1.29 is 9.90 Å². The standard InChI is InChI=1S/C22H15ClN4O4S/c23-12-4-5-17-14(7-12)18(27-20(28)15-9-32-10-16(15)25-22(27)31)19(21(29)30)26(17)8-11-2-1-3-13(24)6-11/h1-7,9-10H,8,24H2,(H,25,31)(H,29,30). The van der Waals surface area contributed by atoms with Gasteiger partial charge in [0.15, 0.2) is 5.69 Å². The number of nitrogens with one attached hydrogen (secondary N) is 1. The smallest absolute Gasteiger partial charge is 0.354 e. The number of hydrogen-bond acceptors (Lipinski definition) is 5. The van der Waals surface area contributed by atoms with Gasteiger partial charge in [-0.25, -0.2) is 14.2 Å². The number of aromatic amines is 1. The SMILES string of the molecule is Nc1cccc(Cn2c(C(=O)O)c(-n3c(=O)[nH]c4cscc4c3=O)c3cc(Cl)ccc32)c1. The third-order valence-electron chi connectivity index (χ3n) is 5.26. The monoisotopic (exact) mass is 466 g/mol. The Bertz CT molecular complexity index is 1660. The first-order valence-electron chi connectivity index (χ1n) is 9.46. The van der Waals surface area contributed by atoms with Crippen molar-refractivity contribution >= 4 is 56.4 Å². The van der Waals surface area contributed by atoms with E-state index in [1.165, 1.54) is 11.3 Å². The second-order valence-electron chi connectivity index (χ2n) is 7.26. The lowest BCUT2D eigenvalue weighted by molar-refractivity contribution is 0.0686. The number of carboxylic acid groups (broad SMARTS) is 1. The molecule has 0 spiro atoms. The average molecular weight is 467 g/mol. The normalized spacial score (nSPS) is 11.4. The second-order valence-corrected chi connectivity index (χ2v) is 8.44. The Hall–Kier alpha value is -3.82. The van der Waals surface area contributed by atoms with Crippen LogP contribution in [-0.2, 0) is 6.54 Å². The Morgan fingerprint density at radius 1 is 1.12 bits per heavy atom. The van der Waals surface area contributed by atoms with Gasteiger partial charge in [-0.15, -0.1) is 11.3 Å². The number of nitrogens with two attached hydrogens (primary N) is 1. The number of fused-ring (bicyclic) bond motifs is 2. The fraction of sp³-hybridized carbons (Fsp3) is 0.0455. The van der Waals surface area contributed by atoms with Gasteiger partial charge in [-0.3, -0.25) is 4.79 Å².